The summed E-state index contributed by atoms with van der Waals surface area (Å²) in [5.41, 5.74) is 2.65. The van der Waals surface area contributed by atoms with E-state index in [9.17, 15) is 4.79 Å². The predicted molar refractivity (Wildman–Crippen MR) is 99.6 cm³/mol. The lowest BCUT2D eigenvalue weighted by atomic mass is 10.1. The summed E-state index contributed by atoms with van der Waals surface area (Å²) in [4.78, 5) is 25.9. The van der Waals surface area contributed by atoms with Crippen LogP contribution in [0, 0.1) is 6.92 Å². The minimum atomic E-state index is -0.0169. The minimum absolute atomic E-state index is 0.0169. The van der Waals surface area contributed by atoms with Crippen LogP contribution < -0.4 is 4.74 Å². The molecule has 2 saturated heterocycles. The van der Waals surface area contributed by atoms with E-state index >= 15 is 0 Å². The van der Waals surface area contributed by atoms with Gasteiger partial charge >= 0.3 is 0 Å². The second kappa shape index (κ2) is 7.62. The van der Waals surface area contributed by atoms with Gasteiger partial charge in [0.1, 0.15) is 0 Å². The molecule has 0 N–H and O–H groups in total. The molecule has 4 heterocycles. The molecule has 142 valence electrons. The standard InChI is InChI=1S/C20H24N4O3/c1-14-4-3-5-16(22-14)11-23-8-9-27-18-13-24(12-17(18)23)20(25)15-6-7-19(26-2)21-10-15/h3-7,10,17-18H,8-9,11-13H2,1-2H3/t17-,18-/m0/s1. The van der Waals surface area contributed by atoms with Crippen LogP contribution in [0.25, 0.3) is 0 Å². The summed E-state index contributed by atoms with van der Waals surface area (Å²) in [6.45, 7) is 5.57. The van der Waals surface area contributed by atoms with Gasteiger partial charge in [0.05, 0.1) is 37.1 Å². The number of carbonyl (C=O) groups is 1. The van der Waals surface area contributed by atoms with E-state index in [1.54, 1.807) is 25.4 Å². The lowest BCUT2D eigenvalue weighted by Gasteiger charge is -2.36. The van der Waals surface area contributed by atoms with Crippen LogP contribution in [-0.2, 0) is 11.3 Å². The number of methoxy groups -OCH3 is 1. The van der Waals surface area contributed by atoms with Crippen LogP contribution in [0.4, 0.5) is 0 Å². The Morgan fingerprint density at radius 3 is 2.93 bits per heavy atom. The average molecular weight is 368 g/mol. The topological polar surface area (TPSA) is 67.8 Å². The third-order valence-corrected chi connectivity index (χ3v) is 5.21. The fraction of sp³-hybridized carbons (Fsp3) is 0.450. The zero-order valence-electron chi connectivity index (χ0n) is 15.7. The number of hydrogen-bond acceptors (Lipinski definition) is 6. The van der Waals surface area contributed by atoms with Gasteiger partial charge in [0.25, 0.3) is 5.91 Å². The number of ether oxygens (including phenoxy) is 2. The maximum Gasteiger partial charge on any atom is 0.255 e. The van der Waals surface area contributed by atoms with Gasteiger partial charge in [-0.1, -0.05) is 6.07 Å². The zero-order chi connectivity index (χ0) is 18.8. The Hall–Kier alpha value is -2.51. The number of pyridine rings is 2. The van der Waals surface area contributed by atoms with Gasteiger partial charge in [0, 0.05) is 44.1 Å². The molecule has 0 aliphatic carbocycles. The zero-order valence-corrected chi connectivity index (χ0v) is 15.7. The van der Waals surface area contributed by atoms with E-state index < -0.39 is 0 Å². The van der Waals surface area contributed by atoms with Crippen LogP contribution in [0.2, 0.25) is 0 Å². The fourth-order valence-corrected chi connectivity index (χ4v) is 3.83. The summed E-state index contributed by atoms with van der Waals surface area (Å²) in [6, 6.07) is 9.75. The van der Waals surface area contributed by atoms with E-state index in [1.807, 2.05) is 24.0 Å². The van der Waals surface area contributed by atoms with E-state index in [4.69, 9.17) is 9.47 Å². The molecule has 0 saturated carbocycles. The summed E-state index contributed by atoms with van der Waals surface area (Å²) in [6.07, 6.45) is 1.61. The molecule has 0 radical (unpaired) electrons. The average Bonchev–Trinajstić information content (AvgIpc) is 3.13. The largest absolute Gasteiger partial charge is 0.481 e. The van der Waals surface area contributed by atoms with E-state index in [1.165, 1.54) is 0 Å². The highest BCUT2D eigenvalue weighted by molar-refractivity contribution is 5.94. The molecule has 2 aliphatic heterocycles. The quantitative estimate of drug-likeness (QED) is 0.815. The summed E-state index contributed by atoms with van der Waals surface area (Å²) in [7, 11) is 1.56. The lowest BCUT2D eigenvalue weighted by Crippen LogP contribution is -2.50. The first kappa shape index (κ1) is 17.9. The Balaban J connectivity index is 1.46. The number of rotatable bonds is 4. The van der Waals surface area contributed by atoms with Crippen molar-refractivity contribution >= 4 is 5.91 Å². The molecule has 2 fully saturated rings. The summed E-state index contributed by atoms with van der Waals surface area (Å²) in [5.74, 6) is 0.485. The highest BCUT2D eigenvalue weighted by atomic mass is 16.5. The molecule has 1 amide bonds. The molecule has 2 atom stereocenters. The number of aromatic nitrogens is 2. The van der Waals surface area contributed by atoms with Gasteiger partial charge < -0.3 is 14.4 Å². The van der Waals surface area contributed by atoms with Gasteiger partial charge in [-0.05, 0) is 25.1 Å². The number of nitrogens with zero attached hydrogens (tertiary/aromatic N) is 4. The van der Waals surface area contributed by atoms with Crippen LogP contribution >= 0.6 is 0 Å². The first-order chi connectivity index (χ1) is 13.1. The molecule has 2 aliphatic rings. The Morgan fingerprint density at radius 2 is 2.19 bits per heavy atom. The van der Waals surface area contributed by atoms with E-state index in [-0.39, 0.29) is 18.1 Å². The number of likely N-dealkylation sites (tertiary alicyclic amines) is 1. The van der Waals surface area contributed by atoms with Crippen molar-refractivity contribution in [2.45, 2.75) is 25.6 Å². The van der Waals surface area contributed by atoms with Crippen molar-refractivity contribution in [1.29, 1.82) is 0 Å². The highest BCUT2D eigenvalue weighted by Crippen LogP contribution is 2.25. The molecule has 27 heavy (non-hydrogen) atoms. The first-order valence-electron chi connectivity index (χ1n) is 9.21. The lowest BCUT2D eigenvalue weighted by molar-refractivity contribution is -0.0507. The summed E-state index contributed by atoms with van der Waals surface area (Å²) in [5, 5.41) is 0. The van der Waals surface area contributed by atoms with Crippen molar-refractivity contribution in [1.82, 2.24) is 19.8 Å². The molecule has 0 spiro atoms. The van der Waals surface area contributed by atoms with Gasteiger partial charge in [-0.3, -0.25) is 14.7 Å². The highest BCUT2D eigenvalue weighted by Gasteiger charge is 2.42. The molecule has 4 rings (SSSR count). The van der Waals surface area contributed by atoms with Crippen molar-refractivity contribution in [2.24, 2.45) is 0 Å². The smallest absolute Gasteiger partial charge is 0.255 e. The summed E-state index contributed by atoms with van der Waals surface area (Å²) >= 11 is 0. The van der Waals surface area contributed by atoms with Crippen LogP contribution in [0.3, 0.4) is 0 Å². The molecule has 7 nitrogen and oxygen atoms in total. The monoisotopic (exact) mass is 368 g/mol. The third-order valence-electron chi connectivity index (χ3n) is 5.21. The van der Waals surface area contributed by atoms with Crippen molar-refractivity contribution in [3.05, 3.63) is 53.5 Å². The SMILES string of the molecule is COc1ccc(C(=O)N2C[C@@H]3OCCN(Cc4cccc(C)n4)[C@H]3C2)cn1. The number of amides is 1. The van der Waals surface area contributed by atoms with Crippen molar-refractivity contribution in [2.75, 3.05) is 33.4 Å². The second-order valence-electron chi connectivity index (χ2n) is 7.02. The molecule has 2 aromatic rings. The first-order valence-corrected chi connectivity index (χ1v) is 9.21. The van der Waals surface area contributed by atoms with E-state index in [0.717, 1.165) is 24.5 Å². The Kier molecular flexibility index (Phi) is 5.05. The van der Waals surface area contributed by atoms with Gasteiger partial charge in [0.15, 0.2) is 0 Å². The van der Waals surface area contributed by atoms with E-state index in [2.05, 4.69) is 20.9 Å². The van der Waals surface area contributed by atoms with Crippen molar-refractivity contribution < 1.29 is 14.3 Å². The molecule has 0 aromatic carbocycles. The van der Waals surface area contributed by atoms with Crippen molar-refractivity contribution in [3.63, 3.8) is 0 Å². The molecular formula is C20H24N4O3. The molecule has 7 heteroatoms. The van der Waals surface area contributed by atoms with Crippen LogP contribution in [0.5, 0.6) is 5.88 Å². The molecule has 2 aromatic heterocycles. The third kappa shape index (κ3) is 3.79. The van der Waals surface area contributed by atoms with Gasteiger partial charge in [0.2, 0.25) is 5.88 Å². The fourth-order valence-electron chi connectivity index (χ4n) is 3.83. The second-order valence-corrected chi connectivity index (χ2v) is 7.02. The number of carbonyl (C=O) groups excluding carboxylic acids is 1. The van der Waals surface area contributed by atoms with Crippen LogP contribution in [0.1, 0.15) is 21.7 Å². The Bertz CT molecular complexity index is 811. The predicted octanol–water partition coefficient (Wildman–Crippen LogP) is 1.52. The van der Waals surface area contributed by atoms with Crippen molar-refractivity contribution in [3.8, 4) is 5.88 Å². The molecule has 0 unspecified atom stereocenters. The number of aryl methyl sites for hydroxylation is 1. The number of fused-ring (bicyclic) bond motifs is 1. The van der Waals surface area contributed by atoms with E-state index in [0.29, 0.717) is 31.1 Å². The summed E-state index contributed by atoms with van der Waals surface area (Å²) < 4.78 is 11.0. The van der Waals surface area contributed by atoms with Crippen LogP contribution in [-0.4, -0.2) is 71.2 Å². The maximum absolute atomic E-state index is 12.9. The number of hydrogen-bond donors (Lipinski definition) is 0. The molecule has 0 bridgehead atoms. The normalized spacial score (nSPS) is 22.5. The van der Waals surface area contributed by atoms with Gasteiger partial charge in [-0.15, -0.1) is 0 Å². The van der Waals surface area contributed by atoms with Gasteiger partial charge in [-0.2, -0.15) is 0 Å². The van der Waals surface area contributed by atoms with Crippen LogP contribution in [0.15, 0.2) is 36.5 Å². The Morgan fingerprint density at radius 1 is 1.30 bits per heavy atom. The van der Waals surface area contributed by atoms with Gasteiger partial charge in [-0.25, -0.2) is 4.98 Å². The number of morpholine rings is 1. The Labute approximate surface area is 158 Å². The maximum atomic E-state index is 12.9. The minimum Gasteiger partial charge on any atom is -0.481 e. The molecular weight excluding hydrogens is 344 g/mol.